The van der Waals surface area contributed by atoms with Crippen molar-refractivity contribution in [2.24, 2.45) is 13.0 Å². The van der Waals surface area contributed by atoms with Crippen LogP contribution in [-0.2, 0) is 18.3 Å². The number of hydrogen-bond acceptors (Lipinski definition) is 4. The summed E-state index contributed by atoms with van der Waals surface area (Å²) in [6, 6.07) is 4.41. The molecule has 1 fully saturated rings. The van der Waals surface area contributed by atoms with Crippen LogP contribution in [0.15, 0.2) is 22.8 Å². The zero-order chi connectivity index (χ0) is 18.8. The Morgan fingerprint density at radius 1 is 1.38 bits per heavy atom. The van der Waals surface area contributed by atoms with Gasteiger partial charge in [-0.15, -0.1) is 0 Å². The molecule has 2 aromatic heterocycles. The summed E-state index contributed by atoms with van der Waals surface area (Å²) in [6.45, 7) is 7.14. The molecule has 1 N–H and O–H groups in total. The molecule has 1 aliphatic rings. The second-order valence-electron chi connectivity index (χ2n) is 7.55. The Labute approximate surface area is 155 Å². The summed E-state index contributed by atoms with van der Waals surface area (Å²) in [7, 11) is 3.88. The van der Waals surface area contributed by atoms with Gasteiger partial charge in [0, 0.05) is 56.7 Å². The summed E-state index contributed by atoms with van der Waals surface area (Å²) < 4.78 is 7.32. The number of hydrogen-bond donors (Lipinski definition) is 1. The Kier molecular flexibility index (Phi) is 5.51. The summed E-state index contributed by atoms with van der Waals surface area (Å²) in [5.74, 6) is 1.50. The number of amides is 1. The predicted octanol–water partition coefficient (Wildman–Crippen LogP) is 2.76. The monoisotopic (exact) mass is 358 g/mol. The van der Waals surface area contributed by atoms with E-state index in [9.17, 15) is 4.79 Å². The maximum absolute atomic E-state index is 12.4. The van der Waals surface area contributed by atoms with Crippen LogP contribution in [-0.4, -0.2) is 40.2 Å². The average molecular weight is 358 g/mol. The topological polar surface area (TPSA) is 63.3 Å². The third kappa shape index (κ3) is 3.70. The molecule has 3 heterocycles. The van der Waals surface area contributed by atoms with Gasteiger partial charge in [0.05, 0.1) is 18.0 Å². The first-order chi connectivity index (χ1) is 12.4. The van der Waals surface area contributed by atoms with Gasteiger partial charge in [0.15, 0.2) is 0 Å². The molecule has 0 saturated carbocycles. The minimum atomic E-state index is 0.0981. The number of carbonyl (C=O) groups excluding carboxylic acids is 1. The van der Waals surface area contributed by atoms with Crippen molar-refractivity contribution in [3.63, 3.8) is 0 Å². The lowest BCUT2D eigenvalue weighted by atomic mass is 9.92. The Hall–Kier alpha value is -2.08. The highest BCUT2D eigenvalue weighted by Gasteiger charge is 2.40. The molecule has 3 rings (SSSR count). The van der Waals surface area contributed by atoms with Crippen LogP contribution in [0.2, 0.25) is 0 Å². The Bertz CT molecular complexity index is 750. The van der Waals surface area contributed by atoms with Crippen molar-refractivity contribution in [2.75, 3.05) is 13.6 Å². The molecule has 0 aromatic carbocycles. The largest absolute Gasteiger partial charge is 0.469 e. The van der Waals surface area contributed by atoms with Crippen molar-refractivity contribution in [3.05, 3.63) is 41.1 Å². The van der Waals surface area contributed by atoms with Crippen LogP contribution < -0.4 is 5.32 Å². The summed E-state index contributed by atoms with van der Waals surface area (Å²) in [6.07, 6.45) is 4.25. The minimum Gasteiger partial charge on any atom is -0.469 e. The average Bonchev–Trinajstić information content (AvgIpc) is 3.27. The number of likely N-dealkylation sites (tertiary alicyclic amines) is 1. The van der Waals surface area contributed by atoms with Gasteiger partial charge in [-0.1, -0.05) is 0 Å². The van der Waals surface area contributed by atoms with E-state index in [1.807, 2.05) is 42.7 Å². The van der Waals surface area contributed by atoms with Crippen molar-refractivity contribution in [3.8, 4) is 0 Å². The van der Waals surface area contributed by atoms with Gasteiger partial charge in [0.25, 0.3) is 0 Å². The van der Waals surface area contributed by atoms with Gasteiger partial charge in [-0.2, -0.15) is 5.10 Å². The molecule has 1 saturated heterocycles. The van der Waals surface area contributed by atoms with E-state index in [1.165, 1.54) is 5.56 Å². The number of rotatable bonds is 7. The lowest BCUT2D eigenvalue weighted by Gasteiger charge is -2.27. The molecule has 0 aliphatic carbocycles. The fourth-order valence-corrected chi connectivity index (χ4v) is 4.05. The highest BCUT2D eigenvalue weighted by molar-refractivity contribution is 5.79. The quantitative estimate of drug-likeness (QED) is 0.827. The molecule has 6 heteroatoms. The van der Waals surface area contributed by atoms with Crippen LogP contribution in [0.1, 0.15) is 48.5 Å². The molecule has 0 bridgehead atoms. The molecule has 0 radical (unpaired) electrons. The summed E-state index contributed by atoms with van der Waals surface area (Å²) >= 11 is 0. The smallest absolute Gasteiger partial charge is 0.223 e. The van der Waals surface area contributed by atoms with Gasteiger partial charge in [-0.05, 0) is 39.3 Å². The second-order valence-corrected chi connectivity index (χ2v) is 7.55. The molecular weight excluding hydrogens is 328 g/mol. The predicted molar refractivity (Wildman–Crippen MR) is 101 cm³/mol. The van der Waals surface area contributed by atoms with Crippen LogP contribution in [0, 0.1) is 19.8 Å². The number of furan rings is 1. The van der Waals surface area contributed by atoms with Crippen molar-refractivity contribution in [1.29, 1.82) is 0 Å². The van der Waals surface area contributed by atoms with Gasteiger partial charge in [-0.3, -0.25) is 9.48 Å². The molecule has 1 amide bonds. The normalized spacial score (nSPS) is 21.6. The Balaban J connectivity index is 1.64. The molecule has 26 heavy (non-hydrogen) atoms. The van der Waals surface area contributed by atoms with Gasteiger partial charge in [0.1, 0.15) is 5.76 Å². The molecular formula is C20H30N4O2. The number of aryl methyl sites for hydroxylation is 3. The number of carbonyl (C=O) groups is 1. The van der Waals surface area contributed by atoms with E-state index < -0.39 is 0 Å². The van der Waals surface area contributed by atoms with Crippen molar-refractivity contribution < 1.29 is 9.21 Å². The van der Waals surface area contributed by atoms with E-state index in [2.05, 4.69) is 24.3 Å². The van der Waals surface area contributed by atoms with Crippen molar-refractivity contribution in [1.82, 2.24) is 20.0 Å². The van der Waals surface area contributed by atoms with Crippen molar-refractivity contribution in [2.45, 2.75) is 52.1 Å². The van der Waals surface area contributed by atoms with Crippen LogP contribution in [0.5, 0.6) is 0 Å². The first kappa shape index (κ1) is 18.7. The Morgan fingerprint density at radius 3 is 2.77 bits per heavy atom. The van der Waals surface area contributed by atoms with Gasteiger partial charge >= 0.3 is 0 Å². The SMILES string of the molecule is Cc1nn(C)c(C)c1[C@H]1[C@H](CN[C@@H](C)CCc2ccco2)CC(=O)N1C. The minimum absolute atomic E-state index is 0.0981. The van der Waals surface area contributed by atoms with Gasteiger partial charge in [0.2, 0.25) is 5.91 Å². The highest BCUT2D eigenvalue weighted by atomic mass is 16.3. The summed E-state index contributed by atoms with van der Waals surface area (Å²) in [5, 5.41) is 8.18. The maximum atomic E-state index is 12.4. The van der Waals surface area contributed by atoms with Gasteiger partial charge in [-0.25, -0.2) is 0 Å². The number of aromatic nitrogens is 2. The lowest BCUT2D eigenvalue weighted by molar-refractivity contribution is -0.127. The molecule has 2 aromatic rings. The van der Waals surface area contributed by atoms with E-state index in [-0.39, 0.29) is 17.9 Å². The van der Waals surface area contributed by atoms with Crippen LogP contribution in [0.25, 0.3) is 0 Å². The molecule has 0 unspecified atom stereocenters. The van der Waals surface area contributed by atoms with E-state index in [1.54, 1.807) is 6.26 Å². The summed E-state index contributed by atoms with van der Waals surface area (Å²) in [4.78, 5) is 14.3. The third-order valence-corrected chi connectivity index (χ3v) is 5.69. The zero-order valence-electron chi connectivity index (χ0n) is 16.5. The lowest BCUT2D eigenvalue weighted by Crippen LogP contribution is -2.34. The molecule has 1 aliphatic heterocycles. The number of nitrogens with zero attached hydrogens (tertiary/aromatic N) is 3. The van der Waals surface area contributed by atoms with Gasteiger partial charge < -0.3 is 14.6 Å². The molecule has 0 spiro atoms. The maximum Gasteiger partial charge on any atom is 0.223 e. The molecule has 6 nitrogen and oxygen atoms in total. The van der Waals surface area contributed by atoms with E-state index in [0.717, 1.165) is 36.5 Å². The zero-order valence-corrected chi connectivity index (χ0v) is 16.5. The van der Waals surface area contributed by atoms with Crippen LogP contribution >= 0.6 is 0 Å². The summed E-state index contributed by atoms with van der Waals surface area (Å²) in [5.41, 5.74) is 3.37. The second kappa shape index (κ2) is 7.66. The Morgan fingerprint density at radius 2 is 2.15 bits per heavy atom. The van der Waals surface area contributed by atoms with E-state index in [4.69, 9.17) is 4.42 Å². The molecule has 3 atom stereocenters. The van der Waals surface area contributed by atoms with E-state index >= 15 is 0 Å². The number of nitrogens with one attached hydrogen (secondary N) is 1. The first-order valence-electron chi connectivity index (χ1n) is 9.40. The van der Waals surface area contributed by atoms with E-state index in [0.29, 0.717) is 12.5 Å². The molecule has 142 valence electrons. The van der Waals surface area contributed by atoms with Crippen molar-refractivity contribution >= 4 is 5.91 Å². The fraction of sp³-hybridized carbons (Fsp3) is 0.600. The van der Waals surface area contributed by atoms with Crippen LogP contribution in [0.4, 0.5) is 0 Å². The third-order valence-electron chi connectivity index (χ3n) is 5.69. The standard InChI is InChI=1S/C20H30N4O2/c1-13(8-9-17-7-6-10-26-17)21-12-16-11-18(25)23(4)20(16)19-14(2)22-24(5)15(19)3/h6-7,10,13,16,20-21H,8-9,11-12H2,1-5H3/t13-,16-,20+/m0/s1. The van der Waals surface area contributed by atoms with Crippen LogP contribution in [0.3, 0.4) is 0 Å². The fourth-order valence-electron chi connectivity index (χ4n) is 4.05. The first-order valence-corrected chi connectivity index (χ1v) is 9.40. The highest BCUT2D eigenvalue weighted by Crippen LogP contribution is 2.39.